The van der Waals surface area contributed by atoms with Gasteiger partial charge in [0, 0.05) is 6.42 Å². The number of hydrogen-bond acceptors (Lipinski definition) is 5. The van der Waals surface area contributed by atoms with Gasteiger partial charge in [0.2, 0.25) is 17.7 Å². The third-order valence-electron chi connectivity index (χ3n) is 2.81. The summed E-state index contributed by atoms with van der Waals surface area (Å²) in [5.41, 5.74) is 0.852. The molecule has 0 aromatic carbocycles. The van der Waals surface area contributed by atoms with Crippen molar-refractivity contribution in [3.05, 3.63) is 17.3 Å². The van der Waals surface area contributed by atoms with Gasteiger partial charge in [0.15, 0.2) is 0 Å². The molecule has 0 saturated carbocycles. The van der Waals surface area contributed by atoms with E-state index in [1.165, 1.54) is 0 Å². The molecule has 92 valence electrons. The van der Waals surface area contributed by atoms with Gasteiger partial charge in [-0.3, -0.25) is 20.2 Å². The van der Waals surface area contributed by atoms with Crippen LogP contribution in [-0.4, -0.2) is 22.8 Å². The highest BCUT2D eigenvalue weighted by Crippen LogP contribution is 2.09. The molecule has 1 aromatic heterocycles. The van der Waals surface area contributed by atoms with Gasteiger partial charge in [-0.1, -0.05) is 0 Å². The van der Waals surface area contributed by atoms with Crippen LogP contribution >= 0.6 is 0 Å². The number of rotatable bonds is 3. The van der Waals surface area contributed by atoms with E-state index < -0.39 is 0 Å². The topological polar surface area (TPSA) is 84.2 Å². The van der Waals surface area contributed by atoms with Crippen molar-refractivity contribution in [3.8, 4) is 0 Å². The van der Waals surface area contributed by atoms with E-state index >= 15 is 0 Å². The number of hydrogen-bond donors (Lipinski definition) is 2. The van der Waals surface area contributed by atoms with Gasteiger partial charge < -0.3 is 4.42 Å². The molecule has 1 aliphatic rings. The minimum Gasteiger partial charge on any atom is -0.444 e. The minimum atomic E-state index is -0.347. The fraction of sp³-hybridized carbons (Fsp3) is 0.545. The molecule has 0 bridgehead atoms. The summed E-state index contributed by atoms with van der Waals surface area (Å²) in [4.78, 5) is 26.6. The Kier molecular flexibility index (Phi) is 3.23. The molecule has 1 aliphatic heterocycles. The maximum absolute atomic E-state index is 11.5. The average Bonchev–Trinajstić information content (AvgIpc) is 2.57. The summed E-state index contributed by atoms with van der Waals surface area (Å²) < 4.78 is 5.39. The van der Waals surface area contributed by atoms with Crippen LogP contribution in [0.25, 0.3) is 0 Å². The van der Waals surface area contributed by atoms with Crippen LogP contribution in [0.3, 0.4) is 0 Å². The molecule has 2 amide bonds. The molecule has 6 nitrogen and oxygen atoms in total. The van der Waals surface area contributed by atoms with Crippen LogP contribution in [0.5, 0.6) is 0 Å². The number of nitrogens with zero attached hydrogens (tertiary/aromatic N) is 1. The van der Waals surface area contributed by atoms with E-state index in [2.05, 4.69) is 15.6 Å². The first-order valence-electron chi connectivity index (χ1n) is 5.56. The van der Waals surface area contributed by atoms with Gasteiger partial charge in [-0.25, -0.2) is 4.98 Å². The lowest BCUT2D eigenvalue weighted by atomic mass is 10.1. The van der Waals surface area contributed by atoms with Gasteiger partial charge in [0.05, 0.1) is 18.3 Å². The number of imide groups is 1. The third-order valence-corrected chi connectivity index (χ3v) is 2.81. The molecule has 6 heteroatoms. The Hall–Kier alpha value is -1.69. The van der Waals surface area contributed by atoms with Crippen molar-refractivity contribution in [1.82, 2.24) is 15.6 Å². The van der Waals surface area contributed by atoms with E-state index in [0.717, 1.165) is 11.5 Å². The van der Waals surface area contributed by atoms with Gasteiger partial charge in [-0.05, 0) is 20.3 Å². The zero-order chi connectivity index (χ0) is 12.4. The number of oxazole rings is 1. The Morgan fingerprint density at radius 3 is 2.82 bits per heavy atom. The summed E-state index contributed by atoms with van der Waals surface area (Å²) in [5, 5.41) is 5.32. The third kappa shape index (κ3) is 2.71. The maximum Gasteiger partial charge on any atom is 0.243 e. The van der Waals surface area contributed by atoms with Crippen LogP contribution < -0.4 is 10.6 Å². The predicted octanol–water partition coefficient (Wildman–Crippen LogP) is 0.186. The molecule has 1 atom stereocenters. The fourth-order valence-electron chi connectivity index (χ4n) is 1.71. The molecule has 1 unspecified atom stereocenters. The Labute approximate surface area is 98.8 Å². The van der Waals surface area contributed by atoms with E-state index in [9.17, 15) is 9.59 Å². The molecule has 0 aliphatic carbocycles. The number of carbonyl (C=O) groups is 2. The molecular weight excluding hydrogens is 222 g/mol. The zero-order valence-corrected chi connectivity index (χ0v) is 9.87. The minimum absolute atomic E-state index is 0.212. The SMILES string of the molecule is Cc1nc(CNC2CCC(=O)NC2=O)oc1C. The summed E-state index contributed by atoms with van der Waals surface area (Å²) in [6.45, 7) is 4.10. The first kappa shape index (κ1) is 11.8. The summed E-state index contributed by atoms with van der Waals surface area (Å²) in [6, 6.07) is -0.347. The monoisotopic (exact) mass is 237 g/mol. The first-order valence-corrected chi connectivity index (χ1v) is 5.56. The lowest BCUT2D eigenvalue weighted by Gasteiger charge is -2.21. The second kappa shape index (κ2) is 4.67. The Bertz CT molecular complexity index is 433. The van der Waals surface area contributed by atoms with Gasteiger partial charge in [-0.2, -0.15) is 0 Å². The Balaban J connectivity index is 1.90. The van der Waals surface area contributed by atoms with E-state index in [0.29, 0.717) is 25.3 Å². The molecule has 2 N–H and O–H groups in total. The average molecular weight is 237 g/mol. The zero-order valence-electron chi connectivity index (χ0n) is 9.87. The molecule has 2 heterocycles. The van der Waals surface area contributed by atoms with E-state index in [4.69, 9.17) is 4.42 Å². The molecule has 2 rings (SSSR count). The van der Waals surface area contributed by atoms with E-state index in [1.807, 2.05) is 13.8 Å². The van der Waals surface area contributed by atoms with Crippen LogP contribution in [0.15, 0.2) is 4.42 Å². The van der Waals surface area contributed by atoms with Crippen molar-refractivity contribution < 1.29 is 14.0 Å². The molecule has 1 aromatic rings. The van der Waals surface area contributed by atoms with Gasteiger partial charge in [0.1, 0.15) is 5.76 Å². The normalized spacial score (nSPS) is 20.5. The predicted molar refractivity (Wildman–Crippen MR) is 59.0 cm³/mol. The van der Waals surface area contributed by atoms with Crippen molar-refractivity contribution in [2.75, 3.05) is 0 Å². The van der Waals surface area contributed by atoms with E-state index in [-0.39, 0.29) is 17.9 Å². The van der Waals surface area contributed by atoms with Gasteiger partial charge in [-0.15, -0.1) is 0 Å². The van der Waals surface area contributed by atoms with Crippen LogP contribution in [0.2, 0.25) is 0 Å². The lowest BCUT2D eigenvalue weighted by molar-refractivity contribution is -0.134. The van der Waals surface area contributed by atoms with Crippen molar-refractivity contribution in [1.29, 1.82) is 0 Å². The van der Waals surface area contributed by atoms with E-state index in [1.54, 1.807) is 0 Å². The molecular formula is C11H15N3O3. The van der Waals surface area contributed by atoms with Crippen LogP contribution in [0.4, 0.5) is 0 Å². The first-order chi connectivity index (χ1) is 8.06. The van der Waals surface area contributed by atoms with Crippen LogP contribution in [0, 0.1) is 13.8 Å². The summed E-state index contributed by atoms with van der Waals surface area (Å²) in [6.07, 6.45) is 0.885. The van der Waals surface area contributed by atoms with Crippen molar-refractivity contribution >= 4 is 11.8 Å². The Morgan fingerprint density at radius 2 is 2.24 bits per heavy atom. The maximum atomic E-state index is 11.5. The molecule has 1 saturated heterocycles. The van der Waals surface area contributed by atoms with Gasteiger partial charge >= 0.3 is 0 Å². The largest absolute Gasteiger partial charge is 0.444 e. The van der Waals surface area contributed by atoms with Crippen LogP contribution in [0.1, 0.15) is 30.2 Å². The molecule has 0 spiro atoms. The second-order valence-corrected chi connectivity index (χ2v) is 4.13. The lowest BCUT2D eigenvalue weighted by Crippen LogP contribution is -2.50. The molecule has 0 radical (unpaired) electrons. The molecule has 17 heavy (non-hydrogen) atoms. The number of nitrogens with one attached hydrogen (secondary N) is 2. The van der Waals surface area contributed by atoms with Crippen LogP contribution in [-0.2, 0) is 16.1 Å². The number of amides is 2. The number of carbonyl (C=O) groups excluding carboxylic acids is 2. The number of piperidine rings is 1. The number of aryl methyl sites for hydroxylation is 2. The highest BCUT2D eigenvalue weighted by Gasteiger charge is 2.26. The van der Waals surface area contributed by atoms with Crippen molar-refractivity contribution in [3.63, 3.8) is 0 Å². The quantitative estimate of drug-likeness (QED) is 0.733. The molecule has 1 fully saturated rings. The highest BCUT2D eigenvalue weighted by molar-refractivity contribution is 6.00. The Morgan fingerprint density at radius 1 is 1.47 bits per heavy atom. The van der Waals surface area contributed by atoms with Crippen molar-refractivity contribution in [2.24, 2.45) is 0 Å². The summed E-state index contributed by atoms with van der Waals surface area (Å²) >= 11 is 0. The van der Waals surface area contributed by atoms with Crippen molar-refractivity contribution in [2.45, 2.75) is 39.3 Å². The summed E-state index contributed by atoms with van der Waals surface area (Å²) in [7, 11) is 0. The van der Waals surface area contributed by atoms with Gasteiger partial charge in [0.25, 0.3) is 0 Å². The second-order valence-electron chi connectivity index (χ2n) is 4.13. The standard InChI is InChI=1S/C11H15N3O3/c1-6-7(2)17-10(13-6)5-12-8-3-4-9(15)14-11(8)16/h8,12H,3-5H2,1-2H3,(H,14,15,16). The number of aromatic nitrogens is 1. The highest BCUT2D eigenvalue weighted by atomic mass is 16.4. The summed E-state index contributed by atoms with van der Waals surface area (Å²) in [5.74, 6) is 0.854. The fourth-order valence-corrected chi connectivity index (χ4v) is 1.71. The smallest absolute Gasteiger partial charge is 0.243 e.